The molecule has 1 unspecified atom stereocenters. The van der Waals surface area contributed by atoms with Gasteiger partial charge in [0, 0.05) is 13.0 Å². The van der Waals surface area contributed by atoms with Crippen molar-refractivity contribution in [1.82, 2.24) is 0 Å². The van der Waals surface area contributed by atoms with E-state index >= 15 is 0 Å². The van der Waals surface area contributed by atoms with E-state index in [-0.39, 0.29) is 0 Å². The fourth-order valence-corrected chi connectivity index (χ4v) is 2.68. The van der Waals surface area contributed by atoms with Crippen LogP contribution in [0.25, 0.3) is 0 Å². The molecule has 19 heavy (non-hydrogen) atoms. The molecule has 0 saturated carbocycles. The second kappa shape index (κ2) is 6.53. The number of methoxy groups -OCH3 is 1. The molecule has 0 aliphatic heterocycles. The van der Waals surface area contributed by atoms with Crippen molar-refractivity contribution in [2.75, 3.05) is 13.7 Å². The third kappa shape index (κ3) is 3.24. The number of benzene rings is 1. The van der Waals surface area contributed by atoms with Crippen molar-refractivity contribution in [2.24, 2.45) is 0 Å². The molecule has 100 valence electrons. The van der Waals surface area contributed by atoms with E-state index in [4.69, 9.17) is 4.74 Å². The number of hydrogen-bond donors (Lipinski definition) is 0. The minimum absolute atomic E-state index is 0.346. The van der Waals surface area contributed by atoms with Gasteiger partial charge in [0.1, 0.15) is 0 Å². The smallest absolute Gasteiger partial charge is 0.0568 e. The van der Waals surface area contributed by atoms with Gasteiger partial charge in [-0.25, -0.2) is 0 Å². The van der Waals surface area contributed by atoms with E-state index in [0.717, 1.165) is 13.0 Å². The van der Waals surface area contributed by atoms with Gasteiger partial charge in [0.25, 0.3) is 0 Å². The van der Waals surface area contributed by atoms with Crippen LogP contribution in [0.2, 0.25) is 0 Å². The average molecular weight is 254 g/mol. The highest BCUT2D eigenvalue weighted by atomic mass is 16.5. The molecule has 1 nitrogen and oxygen atoms in total. The monoisotopic (exact) mass is 254 g/mol. The lowest BCUT2D eigenvalue weighted by Gasteiger charge is -2.23. The second-order valence-corrected chi connectivity index (χ2v) is 5.06. The van der Waals surface area contributed by atoms with Crippen molar-refractivity contribution in [3.63, 3.8) is 0 Å². The minimum atomic E-state index is 0.346. The number of hydrogen-bond acceptors (Lipinski definition) is 1. The minimum Gasteiger partial charge on any atom is -0.384 e. The number of rotatable bonds is 4. The van der Waals surface area contributed by atoms with Crippen LogP contribution in [-0.4, -0.2) is 13.7 Å². The van der Waals surface area contributed by atoms with Crippen molar-refractivity contribution in [3.05, 3.63) is 70.8 Å². The summed E-state index contributed by atoms with van der Waals surface area (Å²) in [5, 5.41) is 0. The van der Waals surface area contributed by atoms with Gasteiger partial charge in [0.2, 0.25) is 0 Å². The van der Waals surface area contributed by atoms with E-state index in [1.54, 1.807) is 7.11 Å². The number of ether oxygens (including phenoxy) is 1. The van der Waals surface area contributed by atoms with Gasteiger partial charge in [0.15, 0.2) is 0 Å². The van der Waals surface area contributed by atoms with Crippen LogP contribution in [0.4, 0.5) is 0 Å². The Morgan fingerprint density at radius 3 is 2.68 bits per heavy atom. The summed E-state index contributed by atoms with van der Waals surface area (Å²) in [6.07, 6.45) is 9.66. The summed E-state index contributed by atoms with van der Waals surface area (Å²) in [4.78, 5) is 0. The van der Waals surface area contributed by atoms with Crippen LogP contribution in [0.5, 0.6) is 0 Å². The molecule has 1 heteroatoms. The average Bonchev–Trinajstić information content (AvgIpc) is 2.62. The summed E-state index contributed by atoms with van der Waals surface area (Å²) in [6.45, 7) is 5.11. The highest BCUT2D eigenvalue weighted by Gasteiger charge is 2.19. The zero-order chi connectivity index (χ0) is 13.7. The molecule has 2 rings (SSSR count). The van der Waals surface area contributed by atoms with E-state index in [2.05, 4.69) is 62.4 Å². The van der Waals surface area contributed by atoms with E-state index < -0.39 is 0 Å². The first kappa shape index (κ1) is 13.8. The standard InChI is InChI=1S/C18H22O/c1-14-9-5-4-6-11-16(14)18(13-19-3)17-12-8-7-10-15(17)2/h4-10,12,18H,11,13H2,1-3H3. The van der Waals surface area contributed by atoms with E-state index in [9.17, 15) is 0 Å². The van der Waals surface area contributed by atoms with E-state index in [1.807, 2.05) is 0 Å². The molecular weight excluding hydrogens is 232 g/mol. The summed E-state index contributed by atoms with van der Waals surface area (Å²) in [7, 11) is 1.78. The van der Waals surface area contributed by atoms with Gasteiger partial charge in [-0.3, -0.25) is 0 Å². The molecule has 0 aromatic heterocycles. The van der Waals surface area contributed by atoms with Gasteiger partial charge in [-0.15, -0.1) is 0 Å². The Bertz CT molecular complexity index is 520. The molecule has 0 heterocycles. The number of allylic oxidation sites excluding steroid dienone is 5. The Balaban J connectivity index is 2.43. The van der Waals surface area contributed by atoms with Crippen molar-refractivity contribution in [1.29, 1.82) is 0 Å². The van der Waals surface area contributed by atoms with Crippen molar-refractivity contribution in [3.8, 4) is 0 Å². The summed E-state index contributed by atoms with van der Waals surface area (Å²) in [5.41, 5.74) is 5.53. The fraction of sp³-hybridized carbons (Fsp3) is 0.333. The van der Waals surface area contributed by atoms with E-state index in [1.165, 1.54) is 22.3 Å². The second-order valence-electron chi connectivity index (χ2n) is 5.06. The highest BCUT2D eigenvalue weighted by Crippen LogP contribution is 2.33. The Morgan fingerprint density at radius 2 is 1.95 bits per heavy atom. The van der Waals surface area contributed by atoms with Gasteiger partial charge in [-0.2, -0.15) is 0 Å². The third-order valence-corrected chi connectivity index (χ3v) is 3.76. The lowest BCUT2D eigenvalue weighted by Crippen LogP contribution is -2.12. The Hall–Kier alpha value is -1.60. The van der Waals surface area contributed by atoms with Gasteiger partial charge in [-0.05, 0) is 31.4 Å². The number of aryl methyl sites for hydroxylation is 1. The molecule has 0 bridgehead atoms. The molecular formula is C18H22O. The molecule has 1 atom stereocenters. The Morgan fingerprint density at radius 1 is 1.16 bits per heavy atom. The molecule has 1 aromatic rings. The summed E-state index contributed by atoms with van der Waals surface area (Å²) in [5.74, 6) is 0.346. The zero-order valence-corrected chi connectivity index (χ0v) is 12.0. The van der Waals surface area contributed by atoms with Gasteiger partial charge in [0.05, 0.1) is 6.61 Å². The normalized spacial score (nSPS) is 16.6. The molecule has 0 radical (unpaired) electrons. The maximum atomic E-state index is 5.47. The van der Waals surface area contributed by atoms with Crippen LogP contribution in [0.1, 0.15) is 30.4 Å². The van der Waals surface area contributed by atoms with Gasteiger partial charge in [-0.1, -0.05) is 59.7 Å². The molecule has 1 aliphatic rings. The lowest BCUT2D eigenvalue weighted by molar-refractivity contribution is 0.187. The predicted molar refractivity (Wildman–Crippen MR) is 81.4 cm³/mol. The first-order valence-corrected chi connectivity index (χ1v) is 6.81. The summed E-state index contributed by atoms with van der Waals surface area (Å²) >= 11 is 0. The quantitative estimate of drug-likeness (QED) is 0.765. The maximum absolute atomic E-state index is 5.47. The largest absolute Gasteiger partial charge is 0.384 e. The lowest BCUT2D eigenvalue weighted by atomic mass is 9.85. The molecule has 0 amide bonds. The van der Waals surface area contributed by atoms with Crippen LogP contribution < -0.4 is 0 Å². The third-order valence-electron chi connectivity index (χ3n) is 3.76. The molecule has 0 N–H and O–H groups in total. The Kier molecular flexibility index (Phi) is 4.75. The SMILES string of the molecule is COCC(C1=C(C)C=CC=CC1)c1ccccc1C. The fourth-order valence-electron chi connectivity index (χ4n) is 2.68. The molecule has 0 fully saturated rings. The Labute approximate surface area is 116 Å². The van der Waals surface area contributed by atoms with E-state index in [0.29, 0.717) is 5.92 Å². The van der Waals surface area contributed by atoms with Crippen LogP contribution in [-0.2, 0) is 4.74 Å². The molecule has 1 aliphatic carbocycles. The zero-order valence-electron chi connectivity index (χ0n) is 12.0. The van der Waals surface area contributed by atoms with Crippen LogP contribution >= 0.6 is 0 Å². The highest BCUT2D eigenvalue weighted by molar-refractivity contribution is 5.41. The molecule has 0 spiro atoms. The van der Waals surface area contributed by atoms with Crippen LogP contribution in [0.15, 0.2) is 59.7 Å². The topological polar surface area (TPSA) is 9.23 Å². The first-order chi connectivity index (χ1) is 9.24. The van der Waals surface area contributed by atoms with Crippen LogP contribution in [0, 0.1) is 6.92 Å². The van der Waals surface area contributed by atoms with Crippen molar-refractivity contribution < 1.29 is 4.74 Å². The molecule has 1 aromatic carbocycles. The van der Waals surface area contributed by atoms with Crippen LogP contribution in [0.3, 0.4) is 0 Å². The summed E-state index contributed by atoms with van der Waals surface area (Å²) in [6, 6.07) is 8.61. The summed E-state index contributed by atoms with van der Waals surface area (Å²) < 4.78 is 5.47. The first-order valence-electron chi connectivity index (χ1n) is 6.81. The molecule has 0 saturated heterocycles. The van der Waals surface area contributed by atoms with Crippen molar-refractivity contribution in [2.45, 2.75) is 26.2 Å². The predicted octanol–water partition coefficient (Wildman–Crippen LogP) is 4.56. The maximum Gasteiger partial charge on any atom is 0.0568 e. The van der Waals surface area contributed by atoms with Gasteiger partial charge < -0.3 is 4.74 Å². The van der Waals surface area contributed by atoms with Gasteiger partial charge >= 0.3 is 0 Å². The van der Waals surface area contributed by atoms with Crippen molar-refractivity contribution >= 4 is 0 Å².